The summed E-state index contributed by atoms with van der Waals surface area (Å²) >= 11 is 0. The zero-order chi connectivity index (χ0) is 16.9. The predicted molar refractivity (Wildman–Crippen MR) is 93.1 cm³/mol. The number of nitrogens with zero attached hydrogens (tertiary/aromatic N) is 1. The molecule has 0 aromatic heterocycles. The minimum Gasteiger partial charge on any atom is -0.489 e. The van der Waals surface area contributed by atoms with E-state index in [0.29, 0.717) is 31.0 Å². The van der Waals surface area contributed by atoms with Crippen molar-refractivity contribution in [1.82, 2.24) is 4.90 Å². The molecule has 1 aliphatic rings. The van der Waals surface area contributed by atoms with Crippen molar-refractivity contribution < 1.29 is 14.6 Å². The Hall–Kier alpha value is -2.33. The molecular weight excluding hydrogens is 302 g/mol. The van der Waals surface area contributed by atoms with Crippen LogP contribution in [0.1, 0.15) is 34.3 Å². The highest BCUT2D eigenvalue weighted by atomic mass is 16.5. The van der Waals surface area contributed by atoms with Gasteiger partial charge < -0.3 is 14.7 Å². The maximum atomic E-state index is 12.6. The molecular formula is C20H23NO3. The molecule has 0 saturated carbocycles. The number of hydrogen-bond acceptors (Lipinski definition) is 3. The molecule has 1 N–H and O–H groups in total. The molecule has 0 spiro atoms. The fourth-order valence-corrected chi connectivity index (χ4v) is 3.01. The number of ether oxygens (including phenoxy) is 1. The first-order valence-electron chi connectivity index (χ1n) is 8.37. The van der Waals surface area contributed by atoms with Gasteiger partial charge in [-0.15, -0.1) is 0 Å². The lowest BCUT2D eigenvalue weighted by Crippen LogP contribution is -2.42. The molecule has 2 aromatic carbocycles. The van der Waals surface area contributed by atoms with Crippen LogP contribution >= 0.6 is 0 Å². The van der Waals surface area contributed by atoms with Crippen LogP contribution in [0.4, 0.5) is 0 Å². The van der Waals surface area contributed by atoms with Crippen LogP contribution in [0.5, 0.6) is 5.75 Å². The van der Waals surface area contributed by atoms with Crippen molar-refractivity contribution in [2.75, 3.05) is 13.1 Å². The summed E-state index contributed by atoms with van der Waals surface area (Å²) in [6, 6.07) is 15.4. The molecule has 0 aliphatic carbocycles. The third-order valence-corrected chi connectivity index (χ3v) is 4.25. The van der Waals surface area contributed by atoms with E-state index in [0.717, 1.165) is 18.4 Å². The van der Waals surface area contributed by atoms with Gasteiger partial charge in [0.05, 0.1) is 6.10 Å². The van der Waals surface area contributed by atoms with Gasteiger partial charge in [-0.2, -0.15) is 0 Å². The molecule has 24 heavy (non-hydrogen) atoms. The number of amides is 1. The monoisotopic (exact) mass is 325 g/mol. The second kappa shape index (κ2) is 7.49. The fourth-order valence-electron chi connectivity index (χ4n) is 3.01. The molecule has 3 rings (SSSR count). The minimum atomic E-state index is -0.413. The van der Waals surface area contributed by atoms with Crippen molar-refractivity contribution >= 4 is 5.91 Å². The Kier molecular flexibility index (Phi) is 5.16. The highest BCUT2D eigenvalue weighted by Crippen LogP contribution is 2.19. The number of aliphatic hydroxyl groups excluding tert-OH is 1. The molecule has 0 radical (unpaired) electrons. The zero-order valence-electron chi connectivity index (χ0n) is 13.9. The number of hydrogen-bond donors (Lipinski definition) is 1. The summed E-state index contributed by atoms with van der Waals surface area (Å²) in [6.45, 7) is 3.63. The molecule has 1 unspecified atom stereocenters. The Balaban J connectivity index is 1.66. The van der Waals surface area contributed by atoms with Crippen LogP contribution in [0.2, 0.25) is 0 Å². The Morgan fingerprint density at radius 2 is 2.08 bits per heavy atom. The van der Waals surface area contributed by atoms with Gasteiger partial charge in [-0.1, -0.05) is 35.9 Å². The average Bonchev–Trinajstić information content (AvgIpc) is 2.60. The first-order valence-corrected chi connectivity index (χ1v) is 8.37. The summed E-state index contributed by atoms with van der Waals surface area (Å²) in [6.07, 6.45) is 1.20. The normalized spacial score (nSPS) is 17.6. The number of rotatable bonds is 4. The summed E-state index contributed by atoms with van der Waals surface area (Å²) < 4.78 is 5.83. The van der Waals surface area contributed by atoms with E-state index in [-0.39, 0.29) is 5.91 Å². The largest absolute Gasteiger partial charge is 0.489 e. The maximum Gasteiger partial charge on any atom is 0.254 e. The quantitative estimate of drug-likeness (QED) is 0.939. The molecule has 1 aliphatic heterocycles. The molecule has 4 nitrogen and oxygen atoms in total. The van der Waals surface area contributed by atoms with Gasteiger partial charge in [-0.25, -0.2) is 0 Å². The number of β-amino-alcohol motifs (C(OH)–C–C–N with tert-alkyl or cyclic N) is 1. The van der Waals surface area contributed by atoms with E-state index >= 15 is 0 Å². The lowest BCUT2D eigenvalue weighted by molar-refractivity contribution is 0.0473. The van der Waals surface area contributed by atoms with Crippen LogP contribution in [0.25, 0.3) is 0 Å². The standard InChI is InChI=1S/C20H23NO3/c1-15-5-2-6-16(11-15)14-24-19-9-3-7-17(12-19)20(23)21-10-4-8-18(22)13-21/h2-3,5-7,9,11-12,18,22H,4,8,10,13-14H2,1H3. The van der Waals surface area contributed by atoms with Crippen molar-refractivity contribution in [2.45, 2.75) is 32.5 Å². The molecule has 1 fully saturated rings. The molecule has 126 valence electrons. The van der Waals surface area contributed by atoms with Crippen molar-refractivity contribution in [2.24, 2.45) is 0 Å². The van der Waals surface area contributed by atoms with Gasteiger partial charge >= 0.3 is 0 Å². The third-order valence-electron chi connectivity index (χ3n) is 4.25. The van der Waals surface area contributed by atoms with Gasteiger partial charge in [0.2, 0.25) is 0 Å². The number of carbonyl (C=O) groups excluding carboxylic acids is 1. The summed E-state index contributed by atoms with van der Waals surface area (Å²) in [5.74, 6) is 0.634. The summed E-state index contributed by atoms with van der Waals surface area (Å²) in [7, 11) is 0. The molecule has 4 heteroatoms. The third kappa shape index (κ3) is 4.15. The van der Waals surface area contributed by atoms with Crippen molar-refractivity contribution in [3.63, 3.8) is 0 Å². The predicted octanol–water partition coefficient (Wildman–Crippen LogP) is 3.17. The number of carbonyl (C=O) groups is 1. The van der Waals surface area contributed by atoms with E-state index in [9.17, 15) is 9.90 Å². The zero-order valence-corrected chi connectivity index (χ0v) is 13.9. The van der Waals surface area contributed by atoms with Crippen LogP contribution in [-0.2, 0) is 6.61 Å². The first kappa shape index (κ1) is 16.5. The number of benzene rings is 2. The molecule has 1 atom stereocenters. The van der Waals surface area contributed by atoms with Crippen molar-refractivity contribution in [1.29, 1.82) is 0 Å². The molecule has 1 saturated heterocycles. The molecule has 0 bridgehead atoms. The number of piperidine rings is 1. The Morgan fingerprint density at radius 1 is 1.25 bits per heavy atom. The summed E-state index contributed by atoms with van der Waals surface area (Å²) in [4.78, 5) is 14.3. The van der Waals surface area contributed by atoms with Gasteiger partial charge in [0.15, 0.2) is 0 Å². The fraction of sp³-hybridized carbons (Fsp3) is 0.350. The first-order chi connectivity index (χ1) is 11.6. The Morgan fingerprint density at radius 3 is 2.88 bits per heavy atom. The highest BCUT2D eigenvalue weighted by Gasteiger charge is 2.23. The number of aryl methyl sites for hydroxylation is 1. The highest BCUT2D eigenvalue weighted by molar-refractivity contribution is 5.94. The summed E-state index contributed by atoms with van der Waals surface area (Å²) in [5, 5.41) is 9.74. The van der Waals surface area contributed by atoms with Gasteiger partial charge in [-0.05, 0) is 43.5 Å². The molecule has 2 aromatic rings. The van der Waals surface area contributed by atoms with Gasteiger partial charge in [0, 0.05) is 18.7 Å². The Bertz CT molecular complexity index is 714. The average molecular weight is 325 g/mol. The van der Waals surface area contributed by atoms with Crippen LogP contribution < -0.4 is 4.74 Å². The maximum absolute atomic E-state index is 12.6. The van der Waals surface area contributed by atoms with E-state index in [1.165, 1.54) is 5.56 Å². The van der Waals surface area contributed by atoms with Crippen LogP contribution in [0.15, 0.2) is 48.5 Å². The Labute approximate surface area is 142 Å². The van der Waals surface area contributed by atoms with Crippen molar-refractivity contribution in [3.8, 4) is 5.75 Å². The minimum absolute atomic E-state index is 0.0465. The van der Waals surface area contributed by atoms with Crippen LogP contribution in [0.3, 0.4) is 0 Å². The lowest BCUT2D eigenvalue weighted by atomic mass is 10.1. The van der Waals surface area contributed by atoms with Gasteiger partial charge in [-0.3, -0.25) is 4.79 Å². The van der Waals surface area contributed by atoms with Gasteiger partial charge in [0.25, 0.3) is 5.91 Å². The van der Waals surface area contributed by atoms with Gasteiger partial charge in [0.1, 0.15) is 12.4 Å². The second-order valence-corrected chi connectivity index (χ2v) is 6.35. The summed E-state index contributed by atoms with van der Waals surface area (Å²) in [5.41, 5.74) is 2.90. The molecule has 1 heterocycles. The number of aliphatic hydroxyl groups is 1. The van der Waals surface area contributed by atoms with E-state index < -0.39 is 6.10 Å². The van der Waals surface area contributed by atoms with E-state index in [1.54, 1.807) is 17.0 Å². The van der Waals surface area contributed by atoms with Crippen LogP contribution in [-0.4, -0.2) is 35.1 Å². The molecule has 1 amide bonds. The number of likely N-dealkylation sites (tertiary alicyclic amines) is 1. The van der Waals surface area contributed by atoms with E-state index in [4.69, 9.17) is 4.74 Å². The van der Waals surface area contributed by atoms with Crippen LogP contribution in [0, 0.1) is 6.92 Å². The van der Waals surface area contributed by atoms with E-state index in [2.05, 4.69) is 19.1 Å². The smallest absolute Gasteiger partial charge is 0.254 e. The topological polar surface area (TPSA) is 49.8 Å². The van der Waals surface area contributed by atoms with Crippen molar-refractivity contribution in [3.05, 3.63) is 65.2 Å². The SMILES string of the molecule is Cc1cccc(COc2cccc(C(=O)N3CCCC(O)C3)c2)c1. The lowest BCUT2D eigenvalue weighted by Gasteiger charge is -2.30. The second-order valence-electron chi connectivity index (χ2n) is 6.35. The van der Waals surface area contributed by atoms with E-state index in [1.807, 2.05) is 24.3 Å².